The highest BCUT2D eigenvalue weighted by Gasteiger charge is 2.29. The smallest absolute Gasteiger partial charge is 0.255 e. The molecule has 0 aliphatic carbocycles. The van der Waals surface area contributed by atoms with Crippen LogP contribution in [0.4, 0.5) is 5.69 Å². The van der Waals surface area contributed by atoms with Crippen molar-refractivity contribution in [2.75, 3.05) is 51.8 Å². The van der Waals surface area contributed by atoms with Gasteiger partial charge in [-0.3, -0.25) is 9.69 Å². The molecule has 0 aromatic heterocycles. The van der Waals surface area contributed by atoms with Crippen molar-refractivity contribution in [1.29, 1.82) is 0 Å². The number of sulfonamides is 1. The Morgan fingerprint density at radius 2 is 1.85 bits per heavy atom. The van der Waals surface area contributed by atoms with Gasteiger partial charge < -0.3 is 14.8 Å². The molecular weight excluding hydrogens is 454 g/mol. The summed E-state index contributed by atoms with van der Waals surface area (Å²) in [5.41, 5.74) is 2.09. The van der Waals surface area contributed by atoms with E-state index in [1.807, 2.05) is 24.3 Å². The minimum absolute atomic E-state index is 0.0285. The number of carbonyl (C=O) groups excluding carboxylic acids is 1. The molecule has 0 saturated carbocycles. The van der Waals surface area contributed by atoms with E-state index in [2.05, 4.69) is 17.1 Å². The predicted molar refractivity (Wildman–Crippen MR) is 131 cm³/mol. The molecule has 0 spiro atoms. The summed E-state index contributed by atoms with van der Waals surface area (Å²) in [6.45, 7) is 6.66. The van der Waals surface area contributed by atoms with Crippen LogP contribution in [0.15, 0.2) is 47.4 Å². The van der Waals surface area contributed by atoms with E-state index in [1.54, 1.807) is 12.1 Å². The van der Waals surface area contributed by atoms with Crippen molar-refractivity contribution in [2.45, 2.75) is 31.2 Å². The van der Waals surface area contributed by atoms with Crippen LogP contribution in [-0.4, -0.2) is 70.0 Å². The lowest BCUT2D eigenvalue weighted by atomic mass is 9.99. The third-order valence-electron chi connectivity index (χ3n) is 6.37. The molecule has 2 heterocycles. The first kappa shape index (κ1) is 24.7. The fourth-order valence-corrected chi connectivity index (χ4v) is 6.12. The number of morpholine rings is 1. The van der Waals surface area contributed by atoms with Crippen molar-refractivity contribution in [2.24, 2.45) is 5.92 Å². The van der Waals surface area contributed by atoms with Gasteiger partial charge in [0.25, 0.3) is 5.91 Å². The van der Waals surface area contributed by atoms with Crippen LogP contribution >= 0.6 is 0 Å². The zero-order valence-corrected chi connectivity index (χ0v) is 20.6. The van der Waals surface area contributed by atoms with Gasteiger partial charge in [0.15, 0.2) is 0 Å². The van der Waals surface area contributed by atoms with E-state index in [9.17, 15) is 13.2 Å². The SMILES string of the molecule is COc1ccc(NC(=O)c2ccc(CN3CCC[C@H](C)C3)cc2)cc1S(=O)(=O)N1CCOCC1. The Bertz CT molecular complexity index is 1100. The lowest BCUT2D eigenvalue weighted by Crippen LogP contribution is -2.40. The molecule has 8 nitrogen and oxygen atoms in total. The third kappa shape index (κ3) is 5.78. The highest BCUT2D eigenvalue weighted by Crippen LogP contribution is 2.30. The first-order valence-electron chi connectivity index (χ1n) is 11.8. The summed E-state index contributed by atoms with van der Waals surface area (Å²) in [5, 5.41) is 2.82. The standard InChI is InChI=1S/C25H33N3O5S/c1-19-4-3-11-27(17-19)18-20-5-7-21(8-6-20)25(29)26-22-9-10-23(32-2)24(16-22)34(30,31)28-12-14-33-15-13-28/h5-10,16,19H,3-4,11-15,17-18H2,1-2H3,(H,26,29)/t19-/m0/s1. The Kier molecular flexibility index (Phi) is 7.88. The zero-order valence-electron chi connectivity index (χ0n) is 19.8. The summed E-state index contributed by atoms with van der Waals surface area (Å²) in [6, 6.07) is 12.2. The summed E-state index contributed by atoms with van der Waals surface area (Å²) < 4.78 is 38.3. The van der Waals surface area contributed by atoms with Crippen LogP contribution < -0.4 is 10.1 Å². The molecule has 0 radical (unpaired) electrons. The maximum atomic E-state index is 13.2. The number of anilines is 1. The second-order valence-corrected chi connectivity index (χ2v) is 10.9. The number of rotatable bonds is 7. The first-order valence-corrected chi connectivity index (χ1v) is 13.2. The number of methoxy groups -OCH3 is 1. The molecule has 4 rings (SSSR count). The van der Waals surface area contributed by atoms with Crippen molar-refractivity contribution in [3.8, 4) is 5.75 Å². The molecular formula is C25H33N3O5S. The lowest BCUT2D eigenvalue weighted by Gasteiger charge is -2.30. The normalized spacial score (nSPS) is 20.1. The van der Waals surface area contributed by atoms with Gasteiger partial charge in [-0.15, -0.1) is 0 Å². The number of likely N-dealkylation sites (tertiary alicyclic amines) is 1. The summed E-state index contributed by atoms with van der Waals surface area (Å²) >= 11 is 0. The molecule has 2 aliphatic heterocycles. The van der Waals surface area contributed by atoms with Crippen molar-refractivity contribution >= 4 is 21.6 Å². The Hall–Kier alpha value is -2.46. The fraction of sp³-hybridized carbons (Fsp3) is 0.480. The summed E-state index contributed by atoms with van der Waals surface area (Å²) in [7, 11) is -2.35. The lowest BCUT2D eigenvalue weighted by molar-refractivity contribution is 0.0729. The fourth-order valence-electron chi connectivity index (χ4n) is 4.54. The van der Waals surface area contributed by atoms with E-state index < -0.39 is 10.0 Å². The van der Waals surface area contributed by atoms with Crippen LogP contribution in [0.2, 0.25) is 0 Å². The van der Waals surface area contributed by atoms with Gasteiger partial charge in [0.1, 0.15) is 10.6 Å². The molecule has 2 aliphatic rings. The second kappa shape index (κ2) is 10.9. The predicted octanol–water partition coefficient (Wildman–Crippen LogP) is 3.20. The largest absolute Gasteiger partial charge is 0.495 e. The summed E-state index contributed by atoms with van der Waals surface area (Å²) in [6.07, 6.45) is 2.52. The van der Waals surface area contributed by atoms with Gasteiger partial charge in [0, 0.05) is 37.4 Å². The van der Waals surface area contributed by atoms with Crippen LogP contribution in [-0.2, 0) is 21.3 Å². The average Bonchev–Trinajstić information content (AvgIpc) is 2.85. The number of ether oxygens (including phenoxy) is 2. The van der Waals surface area contributed by atoms with Crippen LogP contribution in [0.3, 0.4) is 0 Å². The Labute approximate surface area is 201 Å². The Morgan fingerprint density at radius 3 is 2.53 bits per heavy atom. The van der Waals surface area contributed by atoms with Gasteiger partial charge in [0.2, 0.25) is 10.0 Å². The Balaban J connectivity index is 1.46. The van der Waals surface area contributed by atoms with Gasteiger partial charge in [-0.05, 0) is 61.2 Å². The highest BCUT2D eigenvalue weighted by atomic mass is 32.2. The Morgan fingerprint density at radius 1 is 1.12 bits per heavy atom. The molecule has 2 aromatic rings. The van der Waals surface area contributed by atoms with E-state index in [-0.39, 0.29) is 29.6 Å². The molecule has 1 N–H and O–H groups in total. The van der Waals surface area contributed by atoms with Crippen molar-refractivity contribution in [1.82, 2.24) is 9.21 Å². The van der Waals surface area contributed by atoms with Crippen molar-refractivity contribution in [3.63, 3.8) is 0 Å². The molecule has 1 atom stereocenters. The monoisotopic (exact) mass is 487 g/mol. The van der Waals surface area contributed by atoms with Gasteiger partial charge in [-0.25, -0.2) is 8.42 Å². The third-order valence-corrected chi connectivity index (χ3v) is 8.29. The molecule has 0 bridgehead atoms. The van der Waals surface area contributed by atoms with Gasteiger partial charge in [-0.1, -0.05) is 19.1 Å². The van der Waals surface area contributed by atoms with E-state index in [0.717, 1.165) is 25.6 Å². The van der Waals surface area contributed by atoms with Gasteiger partial charge in [0.05, 0.1) is 20.3 Å². The number of carbonyl (C=O) groups is 1. The molecule has 34 heavy (non-hydrogen) atoms. The molecule has 2 aromatic carbocycles. The maximum Gasteiger partial charge on any atom is 0.255 e. The summed E-state index contributed by atoms with van der Waals surface area (Å²) in [5.74, 6) is 0.666. The number of hydrogen-bond donors (Lipinski definition) is 1. The molecule has 184 valence electrons. The topological polar surface area (TPSA) is 88.2 Å². The number of nitrogens with zero attached hydrogens (tertiary/aromatic N) is 2. The summed E-state index contributed by atoms with van der Waals surface area (Å²) in [4.78, 5) is 15.3. The first-order chi connectivity index (χ1) is 16.4. The van der Waals surface area contributed by atoms with Crippen LogP contribution in [0, 0.1) is 5.92 Å². The average molecular weight is 488 g/mol. The molecule has 9 heteroatoms. The molecule has 2 saturated heterocycles. The van der Waals surface area contributed by atoms with Crippen LogP contribution in [0.5, 0.6) is 5.75 Å². The van der Waals surface area contributed by atoms with E-state index >= 15 is 0 Å². The van der Waals surface area contributed by atoms with Crippen LogP contribution in [0.1, 0.15) is 35.7 Å². The number of piperidine rings is 1. The minimum Gasteiger partial charge on any atom is -0.495 e. The maximum absolute atomic E-state index is 13.2. The molecule has 2 fully saturated rings. The zero-order chi connectivity index (χ0) is 24.1. The van der Waals surface area contributed by atoms with Crippen molar-refractivity contribution < 1.29 is 22.7 Å². The van der Waals surface area contributed by atoms with Gasteiger partial charge >= 0.3 is 0 Å². The van der Waals surface area contributed by atoms with E-state index in [0.29, 0.717) is 24.5 Å². The second-order valence-electron chi connectivity index (χ2n) is 9.02. The quantitative estimate of drug-likeness (QED) is 0.645. The molecule has 0 unspecified atom stereocenters. The van der Waals surface area contributed by atoms with Crippen LogP contribution in [0.25, 0.3) is 0 Å². The van der Waals surface area contributed by atoms with Crippen molar-refractivity contribution in [3.05, 3.63) is 53.6 Å². The highest BCUT2D eigenvalue weighted by molar-refractivity contribution is 7.89. The van der Waals surface area contributed by atoms with E-state index in [1.165, 1.54) is 35.9 Å². The number of benzene rings is 2. The van der Waals surface area contributed by atoms with E-state index in [4.69, 9.17) is 9.47 Å². The minimum atomic E-state index is -3.78. The number of amides is 1. The number of hydrogen-bond acceptors (Lipinski definition) is 6. The molecule has 1 amide bonds. The number of nitrogens with one attached hydrogen (secondary N) is 1. The van der Waals surface area contributed by atoms with Gasteiger partial charge in [-0.2, -0.15) is 4.31 Å².